The van der Waals surface area contributed by atoms with Crippen molar-refractivity contribution in [3.05, 3.63) is 30.1 Å². The fourth-order valence-electron chi connectivity index (χ4n) is 3.93. The first-order valence-electron chi connectivity index (χ1n) is 8.68. The van der Waals surface area contributed by atoms with Gasteiger partial charge in [-0.25, -0.2) is 0 Å². The average molecular weight is 444 g/mol. The maximum absolute atomic E-state index is 5.87. The van der Waals surface area contributed by atoms with Crippen molar-refractivity contribution in [3.8, 4) is 0 Å². The zero-order valence-electron chi connectivity index (χ0n) is 14.8. The van der Waals surface area contributed by atoms with Crippen LogP contribution in [0.2, 0.25) is 0 Å². The largest absolute Gasteiger partial charge is 0.377 e. The Balaban J connectivity index is 0.00000208. The number of hydrogen-bond donors (Lipinski definition) is 2. The monoisotopic (exact) mass is 444 g/mol. The van der Waals surface area contributed by atoms with Crippen LogP contribution in [0.1, 0.15) is 32.8 Å². The molecule has 0 bridgehead atoms. The standard InChI is InChI=1S/C18H28N4O.HI/c1-4-20-17(21-11-7-13-5-9-19-10-6-13)22-15-14-8-12-23-16(14)18(15,2)3;/h5-6,9-10,14-16H,4,7-8,11-12H2,1-3H3,(H2,20,21,22);1H. The van der Waals surface area contributed by atoms with Gasteiger partial charge in [-0.1, -0.05) is 13.8 Å². The number of halogens is 1. The molecule has 1 aliphatic carbocycles. The molecule has 3 unspecified atom stereocenters. The summed E-state index contributed by atoms with van der Waals surface area (Å²) in [6.07, 6.45) is 6.16. The zero-order valence-corrected chi connectivity index (χ0v) is 17.1. The summed E-state index contributed by atoms with van der Waals surface area (Å²) in [6.45, 7) is 9.23. The number of nitrogens with one attached hydrogen (secondary N) is 2. The van der Waals surface area contributed by atoms with Gasteiger partial charge in [0.05, 0.1) is 6.10 Å². The molecule has 24 heavy (non-hydrogen) atoms. The lowest BCUT2D eigenvalue weighted by atomic mass is 9.57. The van der Waals surface area contributed by atoms with Crippen LogP contribution >= 0.6 is 24.0 Å². The molecule has 0 radical (unpaired) electrons. The molecule has 1 aromatic heterocycles. The van der Waals surface area contributed by atoms with Gasteiger partial charge in [-0.05, 0) is 37.5 Å². The number of pyridine rings is 1. The molecular formula is C18H29IN4O. The van der Waals surface area contributed by atoms with Crippen LogP contribution in [0.25, 0.3) is 0 Å². The predicted molar refractivity (Wildman–Crippen MR) is 108 cm³/mol. The van der Waals surface area contributed by atoms with Crippen molar-refractivity contribution in [1.29, 1.82) is 0 Å². The van der Waals surface area contributed by atoms with Crippen LogP contribution in [-0.4, -0.2) is 42.8 Å². The molecule has 5 nitrogen and oxygen atoms in total. The average Bonchev–Trinajstić information content (AvgIpc) is 3.00. The molecule has 3 rings (SSSR count). The molecule has 1 saturated carbocycles. The second kappa shape index (κ2) is 8.47. The highest BCUT2D eigenvalue weighted by molar-refractivity contribution is 14.0. The molecule has 0 spiro atoms. The number of fused-ring (bicyclic) bond motifs is 1. The molecule has 1 saturated heterocycles. The first-order chi connectivity index (χ1) is 11.1. The van der Waals surface area contributed by atoms with E-state index in [0.29, 0.717) is 18.1 Å². The molecular weight excluding hydrogens is 415 g/mol. The van der Waals surface area contributed by atoms with Crippen molar-refractivity contribution in [2.24, 2.45) is 16.3 Å². The Hall–Kier alpha value is -0.890. The van der Waals surface area contributed by atoms with Gasteiger partial charge in [0.2, 0.25) is 0 Å². The van der Waals surface area contributed by atoms with Crippen LogP contribution in [-0.2, 0) is 11.2 Å². The summed E-state index contributed by atoms with van der Waals surface area (Å²) >= 11 is 0. The van der Waals surface area contributed by atoms with Crippen molar-refractivity contribution < 1.29 is 4.74 Å². The Morgan fingerprint density at radius 2 is 2.12 bits per heavy atom. The van der Waals surface area contributed by atoms with Gasteiger partial charge in [0, 0.05) is 49.5 Å². The molecule has 1 aromatic rings. The highest BCUT2D eigenvalue weighted by Crippen LogP contribution is 2.52. The summed E-state index contributed by atoms with van der Waals surface area (Å²) in [5.41, 5.74) is 1.44. The van der Waals surface area contributed by atoms with Crippen molar-refractivity contribution in [2.75, 3.05) is 19.7 Å². The van der Waals surface area contributed by atoms with E-state index in [-0.39, 0.29) is 29.4 Å². The number of rotatable bonds is 5. The molecule has 1 aliphatic heterocycles. The number of hydrogen-bond acceptors (Lipinski definition) is 3. The summed E-state index contributed by atoms with van der Waals surface area (Å²) in [5.74, 6) is 1.54. The van der Waals surface area contributed by atoms with Crippen molar-refractivity contribution in [1.82, 2.24) is 15.6 Å². The van der Waals surface area contributed by atoms with Crippen molar-refractivity contribution in [3.63, 3.8) is 0 Å². The van der Waals surface area contributed by atoms with Crippen LogP contribution in [0.3, 0.4) is 0 Å². The van der Waals surface area contributed by atoms with E-state index in [1.807, 2.05) is 24.5 Å². The van der Waals surface area contributed by atoms with Gasteiger partial charge in [0.25, 0.3) is 0 Å². The molecule has 2 heterocycles. The van der Waals surface area contributed by atoms with Gasteiger partial charge >= 0.3 is 0 Å². The smallest absolute Gasteiger partial charge is 0.191 e. The van der Waals surface area contributed by atoms with E-state index in [1.165, 1.54) is 5.56 Å². The van der Waals surface area contributed by atoms with Gasteiger partial charge in [0.15, 0.2) is 5.96 Å². The molecule has 0 amide bonds. The predicted octanol–water partition coefficient (Wildman–Crippen LogP) is 2.61. The third kappa shape index (κ3) is 4.02. The number of nitrogens with zero attached hydrogens (tertiary/aromatic N) is 2. The highest BCUT2D eigenvalue weighted by atomic mass is 127. The SMILES string of the molecule is CCNC(=NCCc1ccncc1)NC1C2CCOC2C1(C)C.I. The molecule has 134 valence electrons. The number of aliphatic imine (C=N–C) groups is 1. The van der Waals surface area contributed by atoms with Crippen LogP contribution in [0, 0.1) is 11.3 Å². The van der Waals surface area contributed by atoms with Crippen molar-refractivity contribution in [2.45, 2.75) is 45.8 Å². The Morgan fingerprint density at radius 3 is 2.83 bits per heavy atom. The summed E-state index contributed by atoms with van der Waals surface area (Å²) in [6, 6.07) is 4.53. The lowest BCUT2D eigenvalue weighted by Crippen LogP contribution is -2.68. The van der Waals surface area contributed by atoms with E-state index in [0.717, 1.165) is 38.5 Å². The Morgan fingerprint density at radius 1 is 1.38 bits per heavy atom. The lowest BCUT2D eigenvalue weighted by Gasteiger charge is -2.54. The second-order valence-corrected chi connectivity index (χ2v) is 7.05. The molecule has 3 atom stereocenters. The van der Waals surface area contributed by atoms with Crippen molar-refractivity contribution >= 4 is 29.9 Å². The molecule has 0 aromatic carbocycles. The van der Waals surface area contributed by atoms with E-state index in [1.54, 1.807) is 0 Å². The minimum absolute atomic E-state index is 0. The van der Waals surface area contributed by atoms with Crippen LogP contribution < -0.4 is 10.6 Å². The zero-order chi connectivity index (χ0) is 16.3. The van der Waals surface area contributed by atoms with Crippen LogP contribution in [0.4, 0.5) is 0 Å². The fourth-order valence-corrected chi connectivity index (χ4v) is 3.93. The second-order valence-electron chi connectivity index (χ2n) is 7.05. The minimum Gasteiger partial charge on any atom is -0.377 e. The topological polar surface area (TPSA) is 58.5 Å². The maximum Gasteiger partial charge on any atom is 0.191 e. The van der Waals surface area contributed by atoms with E-state index >= 15 is 0 Å². The first-order valence-corrected chi connectivity index (χ1v) is 8.68. The third-order valence-electron chi connectivity index (χ3n) is 5.16. The number of guanidine groups is 1. The van der Waals surface area contributed by atoms with Gasteiger partial charge in [-0.15, -0.1) is 24.0 Å². The molecule has 6 heteroatoms. The Bertz CT molecular complexity index is 549. The summed E-state index contributed by atoms with van der Waals surface area (Å²) in [5, 5.41) is 7.02. The van der Waals surface area contributed by atoms with Crippen LogP contribution in [0.15, 0.2) is 29.5 Å². The van der Waals surface area contributed by atoms with E-state index < -0.39 is 0 Å². The lowest BCUT2D eigenvalue weighted by molar-refractivity contribution is -0.106. The van der Waals surface area contributed by atoms with E-state index in [2.05, 4.69) is 36.4 Å². The van der Waals surface area contributed by atoms with Gasteiger partial charge in [0.1, 0.15) is 0 Å². The summed E-state index contributed by atoms with van der Waals surface area (Å²) in [4.78, 5) is 8.79. The number of ether oxygens (including phenoxy) is 1. The molecule has 2 fully saturated rings. The number of aromatic nitrogens is 1. The fraction of sp³-hybridized carbons (Fsp3) is 0.667. The first kappa shape index (κ1) is 19.4. The molecule has 2 aliphatic rings. The third-order valence-corrected chi connectivity index (χ3v) is 5.16. The minimum atomic E-state index is 0. The van der Waals surface area contributed by atoms with Gasteiger partial charge in [-0.3, -0.25) is 9.98 Å². The Labute approximate surface area is 162 Å². The van der Waals surface area contributed by atoms with Gasteiger partial charge in [-0.2, -0.15) is 0 Å². The summed E-state index contributed by atoms with van der Waals surface area (Å²) < 4.78 is 5.87. The van der Waals surface area contributed by atoms with E-state index in [4.69, 9.17) is 9.73 Å². The quantitative estimate of drug-likeness (QED) is 0.417. The maximum atomic E-state index is 5.87. The van der Waals surface area contributed by atoms with Gasteiger partial charge < -0.3 is 15.4 Å². The van der Waals surface area contributed by atoms with Crippen LogP contribution in [0.5, 0.6) is 0 Å². The highest BCUT2D eigenvalue weighted by Gasteiger charge is 2.59. The molecule has 2 N–H and O–H groups in total. The summed E-state index contributed by atoms with van der Waals surface area (Å²) in [7, 11) is 0. The van der Waals surface area contributed by atoms with E-state index in [9.17, 15) is 0 Å². The Kier molecular flexibility index (Phi) is 6.86. The normalized spacial score (nSPS) is 27.6.